The molecule has 2 aromatic carbocycles. The van der Waals surface area contributed by atoms with Crippen LogP contribution in [0.3, 0.4) is 0 Å². The first kappa shape index (κ1) is 18.7. The van der Waals surface area contributed by atoms with E-state index in [2.05, 4.69) is 44.7 Å². The minimum atomic E-state index is -3.51. The molecule has 1 fully saturated rings. The average molecular weight is 447 g/mol. The smallest absolute Gasteiger partial charge is 0.240 e. The number of hydrogen-bond donors (Lipinski definition) is 2. The second-order valence-electron chi connectivity index (χ2n) is 7.31. The third kappa shape index (κ3) is 3.24. The van der Waals surface area contributed by atoms with Gasteiger partial charge in [0, 0.05) is 28.2 Å². The molecule has 1 aliphatic heterocycles. The highest BCUT2D eigenvalue weighted by molar-refractivity contribution is 9.10. The second-order valence-corrected chi connectivity index (χ2v) is 10.00. The first-order valence-corrected chi connectivity index (χ1v) is 11.5. The summed E-state index contributed by atoms with van der Waals surface area (Å²) in [6, 6.07) is 15.1. The van der Waals surface area contributed by atoms with E-state index in [0.717, 1.165) is 29.4 Å². The van der Waals surface area contributed by atoms with Gasteiger partial charge in [-0.05, 0) is 61.6 Å². The van der Waals surface area contributed by atoms with Crippen LogP contribution < -0.4 is 10.0 Å². The van der Waals surface area contributed by atoms with Gasteiger partial charge in [-0.3, -0.25) is 0 Å². The van der Waals surface area contributed by atoms with E-state index < -0.39 is 10.0 Å². The molecule has 1 heterocycles. The van der Waals surface area contributed by atoms with Crippen molar-refractivity contribution in [3.8, 4) is 0 Å². The van der Waals surface area contributed by atoms with Crippen molar-refractivity contribution in [3.63, 3.8) is 0 Å². The van der Waals surface area contributed by atoms with Gasteiger partial charge in [-0.15, -0.1) is 0 Å². The molecule has 0 radical (unpaired) electrons. The Hall–Kier alpha value is -1.63. The lowest BCUT2D eigenvalue weighted by molar-refractivity contribution is 0.344. The molecule has 0 spiro atoms. The molecule has 2 atom stereocenters. The standard InChI is InChI=1S/C21H23BrN2O2S/c1-15-6-5-9-20-21(15,18-14-16(22)10-11-19(18)24-20)12-13-23-27(25,26)17-7-3-2-4-8-17/h2-4,7-8,10-11,14,20,23-24H,1,5-6,9,12-13H2/t20-,21-/m0/s1. The van der Waals surface area contributed by atoms with Crippen LogP contribution in [0.15, 0.2) is 70.1 Å². The second kappa shape index (κ2) is 7.08. The van der Waals surface area contributed by atoms with Crippen LogP contribution in [-0.2, 0) is 15.4 Å². The molecule has 0 amide bonds. The van der Waals surface area contributed by atoms with Crippen LogP contribution in [0.2, 0.25) is 0 Å². The Kier molecular flexibility index (Phi) is 4.91. The Bertz CT molecular complexity index is 975. The van der Waals surface area contributed by atoms with Crippen LogP contribution >= 0.6 is 15.9 Å². The summed E-state index contributed by atoms with van der Waals surface area (Å²) in [6.07, 6.45) is 3.86. The van der Waals surface area contributed by atoms with E-state index in [1.165, 1.54) is 11.1 Å². The van der Waals surface area contributed by atoms with Gasteiger partial charge in [-0.25, -0.2) is 13.1 Å². The predicted molar refractivity (Wildman–Crippen MR) is 112 cm³/mol. The monoisotopic (exact) mass is 446 g/mol. The fraction of sp³-hybridized carbons (Fsp3) is 0.333. The van der Waals surface area contributed by atoms with E-state index in [1.807, 2.05) is 12.1 Å². The summed E-state index contributed by atoms with van der Waals surface area (Å²) in [7, 11) is -3.51. The van der Waals surface area contributed by atoms with Gasteiger partial charge < -0.3 is 5.32 Å². The molecule has 0 unspecified atom stereocenters. The summed E-state index contributed by atoms with van der Waals surface area (Å²) < 4.78 is 29.0. The Morgan fingerprint density at radius 3 is 2.78 bits per heavy atom. The summed E-state index contributed by atoms with van der Waals surface area (Å²) in [4.78, 5) is 0.300. The molecule has 2 aliphatic rings. The van der Waals surface area contributed by atoms with E-state index in [-0.39, 0.29) is 11.5 Å². The molecule has 2 N–H and O–H groups in total. The normalized spacial score (nSPS) is 24.2. The van der Waals surface area contributed by atoms with Crippen LogP contribution in [0, 0.1) is 0 Å². The SMILES string of the molecule is C=C1CCC[C@@H]2Nc3ccc(Br)cc3[C@]12CCNS(=O)(=O)c1ccccc1. The van der Waals surface area contributed by atoms with Crippen LogP contribution in [0.25, 0.3) is 0 Å². The van der Waals surface area contributed by atoms with Crippen molar-refractivity contribution in [2.45, 2.75) is 42.0 Å². The van der Waals surface area contributed by atoms with Crippen molar-refractivity contribution in [1.82, 2.24) is 4.72 Å². The minimum absolute atomic E-state index is 0.226. The summed E-state index contributed by atoms with van der Waals surface area (Å²) in [5.41, 5.74) is 3.33. The molecule has 1 saturated carbocycles. The van der Waals surface area contributed by atoms with E-state index in [0.29, 0.717) is 17.9 Å². The van der Waals surface area contributed by atoms with Gasteiger partial charge >= 0.3 is 0 Å². The minimum Gasteiger partial charge on any atom is -0.381 e. The number of benzene rings is 2. The fourth-order valence-electron chi connectivity index (χ4n) is 4.56. The zero-order valence-electron chi connectivity index (χ0n) is 15.0. The van der Waals surface area contributed by atoms with Gasteiger partial charge in [0.05, 0.1) is 4.90 Å². The first-order valence-electron chi connectivity index (χ1n) is 9.23. The average Bonchev–Trinajstić information content (AvgIpc) is 2.97. The summed E-state index contributed by atoms with van der Waals surface area (Å²) in [6.45, 7) is 4.77. The Morgan fingerprint density at radius 1 is 1.22 bits per heavy atom. The van der Waals surface area contributed by atoms with Gasteiger partial charge in [0.15, 0.2) is 0 Å². The largest absolute Gasteiger partial charge is 0.381 e. The van der Waals surface area contributed by atoms with Gasteiger partial charge in [-0.1, -0.05) is 46.3 Å². The van der Waals surface area contributed by atoms with Gasteiger partial charge in [0.1, 0.15) is 0 Å². The maximum absolute atomic E-state index is 12.6. The Labute approximate surface area is 169 Å². The van der Waals surface area contributed by atoms with Crippen molar-refractivity contribution in [2.24, 2.45) is 0 Å². The molecule has 0 bridgehead atoms. The van der Waals surface area contributed by atoms with E-state index in [4.69, 9.17) is 0 Å². The molecule has 142 valence electrons. The van der Waals surface area contributed by atoms with Gasteiger partial charge in [0.2, 0.25) is 10.0 Å². The summed E-state index contributed by atoms with van der Waals surface area (Å²) >= 11 is 3.59. The summed E-state index contributed by atoms with van der Waals surface area (Å²) in [5.74, 6) is 0. The maximum Gasteiger partial charge on any atom is 0.240 e. The lowest BCUT2D eigenvalue weighted by Gasteiger charge is -2.42. The number of fused-ring (bicyclic) bond motifs is 3. The third-order valence-corrected chi connectivity index (χ3v) is 7.82. The van der Waals surface area contributed by atoms with Gasteiger partial charge in [0.25, 0.3) is 0 Å². The van der Waals surface area contributed by atoms with Crippen LogP contribution in [-0.4, -0.2) is 21.0 Å². The van der Waals surface area contributed by atoms with Crippen molar-refractivity contribution >= 4 is 31.6 Å². The Balaban J connectivity index is 1.61. The molecule has 27 heavy (non-hydrogen) atoms. The molecule has 4 nitrogen and oxygen atoms in total. The van der Waals surface area contributed by atoms with Crippen LogP contribution in [0.5, 0.6) is 0 Å². The molecule has 4 rings (SSSR count). The highest BCUT2D eigenvalue weighted by Crippen LogP contribution is 2.53. The topological polar surface area (TPSA) is 58.2 Å². The molecular formula is C21H23BrN2O2S. The Morgan fingerprint density at radius 2 is 2.00 bits per heavy atom. The van der Waals surface area contributed by atoms with Crippen molar-refractivity contribution in [1.29, 1.82) is 0 Å². The fourth-order valence-corrected chi connectivity index (χ4v) is 5.97. The number of sulfonamides is 1. The molecule has 2 aromatic rings. The number of nitrogens with one attached hydrogen (secondary N) is 2. The third-order valence-electron chi connectivity index (χ3n) is 5.85. The molecule has 0 saturated heterocycles. The van der Waals surface area contributed by atoms with Crippen LogP contribution in [0.1, 0.15) is 31.2 Å². The number of rotatable bonds is 5. The lowest BCUT2D eigenvalue weighted by atomic mass is 9.63. The van der Waals surface area contributed by atoms with E-state index in [9.17, 15) is 8.42 Å². The number of hydrogen-bond acceptors (Lipinski definition) is 3. The number of anilines is 1. The predicted octanol–water partition coefficient (Wildman–Crippen LogP) is 4.59. The zero-order chi connectivity index (χ0) is 19.1. The van der Waals surface area contributed by atoms with Crippen molar-refractivity contribution in [2.75, 3.05) is 11.9 Å². The highest BCUT2D eigenvalue weighted by atomic mass is 79.9. The first-order chi connectivity index (χ1) is 12.9. The van der Waals surface area contributed by atoms with Gasteiger partial charge in [-0.2, -0.15) is 0 Å². The maximum atomic E-state index is 12.6. The van der Waals surface area contributed by atoms with Crippen LogP contribution in [0.4, 0.5) is 5.69 Å². The zero-order valence-corrected chi connectivity index (χ0v) is 17.4. The van der Waals surface area contributed by atoms with Crippen molar-refractivity contribution in [3.05, 3.63) is 70.7 Å². The number of halogens is 1. The highest BCUT2D eigenvalue weighted by Gasteiger charge is 2.49. The molecule has 6 heteroatoms. The quantitative estimate of drug-likeness (QED) is 0.660. The molecule has 1 aliphatic carbocycles. The van der Waals surface area contributed by atoms with E-state index in [1.54, 1.807) is 24.3 Å². The molecule has 0 aromatic heterocycles. The van der Waals surface area contributed by atoms with Crippen molar-refractivity contribution < 1.29 is 8.42 Å². The lowest BCUT2D eigenvalue weighted by Crippen LogP contribution is -2.45. The van der Waals surface area contributed by atoms with E-state index >= 15 is 0 Å². The summed E-state index contributed by atoms with van der Waals surface area (Å²) in [5, 5.41) is 3.66. The molecular weight excluding hydrogens is 424 g/mol.